The van der Waals surface area contributed by atoms with Gasteiger partial charge in [-0.15, -0.1) is 0 Å². The van der Waals surface area contributed by atoms with Crippen LogP contribution in [0.15, 0.2) is 83.9 Å². The highest BCUT2D eigenvalue weighted by Crippen LogP contribution is 2.17. The first kappa shape index (κ1) is 19.1. The highest BCUT2D eigenvalue weighted by atomic mass is 16.5. The average Bonchev–Trinajstić information content (AvgIpc) is 2.80. The van der Waals surface area contributed by atoms with Gasteiger partial charge in [-0.3, -0.25) is 19.8 Å². The van der Waals surface area contributed by atoms with E-state index < -0.39 is 5.91 Å². The summed E-state index contributed by atoms with van der Waals surface area (Å²) in [7, 11) is 1.54. The fraction of sp³-hybridized carbons (Fsp3) is 0.0435. The van der Waals surface area contributed by atoms with E-state index >= 15 is 0 Å². The lowest BCUT2D eigenvalue weighted by atomic mass is 10.0. The number of carbonyl (C=O) groups is 2. The predicted octanol–water partition coefficient (Wildman–Crippen LogP) is 3.02. The Hall–Kier alpha value is -4.26. The van der Waals surface area contributed by atoms with E-state index in [4.69, 9.17) is 4.74 Å². The van der Waals surface area contributed by atoms with E-state index in [2.05, 4.69) is 10.4 Å². The minimum Gasteiger partial charge on any atom is -0.497 e. The zero-order valence-corrected chi connectivity index (χ0v) is 16.0. The van der Waals surface area contributed by atoms with E-state index in [0.29, 0.717) is 33.3 Å². The van der Waals surface area contributed by atoms with Gasteiger partial charge in [-0.05, 0) is 36.4 Å². The van der Waals surface area contributed by atoms with Crippen LogP contribution in [0.4, 0.5) is 0 Å². The highest BCUT2D eigenvalue weighted by molar-refractivity contribution is 6.10. The van der Waals surface area contributed by atoms with E-state index in [1.807, 2.05) is 0 Å². The lowest BCUT2D eigenvalue weighted by Gasteiger charge is -2.09. The Bertz CT molecular complexity index is 1310. The molecule has 4 rings (SSSR count). The van der Waals surface area contributed by atoms with Gasteiger partial charge in [-0.1, -0.05) is 36.4 Å². The molecule has 7 nitrogen and oxygen atoms in total. The number of fused-ring (bicyclic) bond motifs is 1. The smallest absolute Gasteiger partial charge is 0.280 e. The summed E-state index contributed by atoms with van der Waals surface area (Å²) in [5.74, 6) is -0.0864. The van der Waals surface area contributed by atoms with Crippen LogP contribution in [-0.2, 0) is 0 Å². The van der Waals surface area contributed by atoms with Crippen molar-refractivity contribution in [3.05, 3.63) is 106 Å². The van der Waals surface area contributed by atoms with Gasteiger partial charge in [-0.2, -0.15) is 0 Å². The molecule has 0 radical (unpaired) electrons. The second kappa shape index (κ2) is 8.00. The molecule has 30 heavy (non-hydrogen) atoms. The molecule has 0 aliphatic carbocycles. The molecule has 0 atom stereocenters. The lowest BCUT2D eigenvalue weighted by Crippen LogP contribution is -2.33. The van der Waals surface area contributed by atoms with Gasteiger partial charge < -0.3 is 4.74 Å². The minimum atomic E-state index is -0.491. The summed E-state index contributed by atoms with van der Waals surface area (Å²) in [6, 6.07) is 19.9. The van der Waals surface area contributed by atoms with E-state index in [9.17, 15) is 14.4 Å². The zero-order valence-electron chi connectivity index (χ0n) is 16.0. The van der Waals surface area contributed by atoms with Gasteiger partial charge in [0, 0.05) is 16.7 Å². The van der Waals surface area contributed by atoms with Crippen LogP contribution in [-0.4, -0.2) is 28.5 Å². The molecule has 1 N–H and O–H groups in total. The largest absolute Gasteiger partial charge is 0.497 e. The van der Waals surface area contributed by atoms with Crippen molar-refractivity contribution >= 4 is 22.6 Å². The summed E-state index contributed by atoms with van der Waals surface area (Å²) in [6.45, 7) is 0. The Morgan fingerprint density at radius 1 is 0.900 bits per heavy atom. The summed E-state index contributed by atoms with van der Waals surface area (Å²) < 4.78 is 6.19. The van der Waals surface area contributed by atoms with Crippen molar-refractivity contribution in [3.8, 4) is 5.75 Å². The maximum atomic E-state index is 12.6. The summed E-state index contributed by atoms with van der Waals surface area (Å²) >= 11 is 0. The first-order chi connectivity index (χ1) is 14.6. The Morgan fingerprint density at radius 2 is 1.63 bits per heavy atom. The first-order valence-corrected chi connectivity index (χ1v) is 9.13. The molecule has 0 fully saturated rings. The molecule has 0 saturated carbocycles. The summed E-state index contributed by atoms with van der Waals surface area (Å²) in [4.78, 5) is 41.9. The van der Waals surface area contributed by atoms with Crippen molar-refractivity contribution in [2.24, 2.45) is 0 Å². The molecular weight excluding hydrogens is 382 g/mol. The number of amides is 1. The number of nitrogens with zero attached hydrogens (tertiary/aromatic N) is 2. The number of methoxy groups -OCH3 is 1. The van der Waals surface area contributed by atoms with E-state index in [1.54, 1.807) is 60.7 Å². The second-order valence-electron chi connectivity index (χ2n) is 6.52. The average molecular weight is 399 g/mol. The first-order valence-electron chi connectivity index (χ1n) is 9.13. The van der Waals surface area contributed by atoms with Gasteiger partial charge in [0.2, 0.25) is 0 Å². The molecule has 0 spiro atoms. The number of hydrogen-bond donors (Lipinski definition) is 1. The van der Waals surface area contributed by atoms with E-state index in [-0.39, 0.29) is 11.3 Å². The number of ketones is 1. The Labute approximate surface area is 171 Å². The van der Waals surface area contributed by atoms with Gasteiger partial charge in [0.25, 0.3) is 11.5 Å². The van der Waals surface area contributed by atoms with Gasteiger partial charge >= 0.3 is 0 Å². The second-order valence-corrected chi connectivity index (χ2v) is 6.52. The van der Waals surface area contributed by atoms with Crippen LogP contribution in [0.2, 0.25) is 0 Å². The molecule has 148 valence electrons. The monoisotopic (exact) mass is 399 g/mol. The topological polar surface area (TPSA) is 90.3 Å². The maximum absolute atomic E-state index is 12.6. The third kappa shape index (κ3) is 3.68. The van der Waals surface area contributed by atoms with Crippen LogP contribution in [0, 0.1) is 0 Å². The maximum Gasteiger partial charge on any atom is 0.280 e. The number of carbonyl (C=O) groups excluding carboxylic acids is 2. The van der Waals surface area contributed by atoms with Crippen molar-refractivity contribution in [2.75, 3.05) is 12.5 Å². The van der Waals surface area contributed by atoms with Crippen LogP contribution in [0.5, 0.6) is 5.75 Å². The van der Waals surface area contributed by atoms with Crippen molar-refractivity contribution in [2.45, 2.75) is 0 Å². The number of hydrogen-bond acceptors (Lipinski definition) is 5. The molecule has 3 aromatic carbocycles. The van der Waals surface area contributed by atoms with Crippen molar-refractivity contribution in [1.29, 1.82) is 0 Å². The number of ether oxygens (including phenoxy) is 1. The van der Waals surface area contributed by atoms with Crippen LogP contribution < -0.4 is 15.7 Å². The number of rotatable bonds is 5. The molecule has 0 bridgehead atoms. The highest BCUT2D eigenvalue weighted by Gasteiger charge is 2.13. The third-order valence-electron chi connectivity index (χ3n) is 4.63. The standard InChI is InChI=1S/C23H17N3O4/c1-30-18-6-4-5-17(13-18)21(27)15-9-11-16(12-10-15)22(28)25-26-14-24-20-8-3-2-7-19(20)23(26)29/h2-14H,1H3,(H,25,28). The van der Waals surface area contributed by atoms with Gasteiger partial charge in [0.1, 0.15) is 12.1 Å². The summed E-state index contributed by atoms with van der Waals surface area (Å²) in [5.41, 5.74) is 3.91. The normalized spacial score (nSPS) is 10.6. The van der Waals surface area contributed by atoms with Gasteiger partial charge in [-0.25, -0.2) is 9.66 Å². The molecule has 0 unspecified atom stereocenters. The molecule has 0 aliphatic rings. The van der Waals surface area contributed by atoms with Crippen molar-refractivity contribution in [3.63, 3.8) is 0 Å². The molecule has 7 heteroatoms. The molecule has 1 heterocycles. The fourth-order valence-electron chi connectivity index (χ4n) is 3.03. The Kier molecular flexibility index (Phi) is 5.09. The fourth-order valence-corrected chi connectivity index (χ4v) is 3.03. The van der Waals surface area contributed by atoms with Crippen LogP contribution in [0.25, 0.3) is 10.9 Å². The Morgan fingerprint density at radius 3 is 2.40 bits per heavy atom. The molecule has 0 saturated heterocycles. The number of aromatic nitrogens is 2. The molecule has 0 aliphatic heterocycles. The zero-order chi connectivity index (χ0) is 21.1. The lowest BCUT2D eigenvalue weighted by molar-refractivity contribution is 0.100. The quantitative estimate of drug-likeness (QED) is 0.521. The van der Waals surface area contributed by atoms with Crippen LogP contribution >= 0.6 is 0 Å². The van der Waals surface area contributed by atoms with E-state index in [1.165, 1.54) is 25.6 Å². The number of nitrogens with one attached hydrogen (secondary N) is 1. The minimum absolute atomic E-state index is 0.184. The molecule has 1 amide bonds. The van der Waals surface area contributed by atoms with Crippen LogP contribution in [0.1, 0.15) is 26.3 Å². The van der Waals surface area contributed by atoms with Gasteiger partial charge in [0.05, 0.1) is 18.0 Å². The summed E-state index contributed by atoms with van der Waals surface area (Å²) in [6.07, 6.45) is 1.27. The number of benzene rings is 3. The molecular formula is C23H17N3O4. The molecule has 4 aromatic rings. The van der Waals surface area contributed by atoms with E-state index in [0.717, 1.165) is 4.68 Å². The van der Waals surface area contributed by atoms with Crippen LogP contribution in [0.3, 0.4) is 0 Å². The van der Waals surface area contributed by atoms with Crippen molar-refractivity contribution < 1.29 is 14.3 Å². The third-order valence-corrected chi connectivity index (χ3v) is 4.63. The SMILES string of the molecule is COc1cccc(C(=O)c2ccc(C(=O)Nn3cnc4ccccc4c3=O)cc2)c1. The number of para-hydroxylation sites is 1. The predicted molar refractivity (Wildman–Crippen MR) is 113 cm³/mol. The van der Waals surface area contributed by atoms with Gasteiger partial charge in [0.15, 0.2) is 5.78 Å². The Balaban J connectivity index is 1.54. The molecule has 1 aromatic heterocycles. The van der Waals surface area contributed by atoms with Crippen molar-refractivity contribution in [1.82, 2.24) is 9.66 Å². The summed E-state index contributed by atoms with van der Waals surface area (Å²) in [5, 5.41) is 0.402.